The molecule has 88 valence electrons. The van der Waals surface area contributed by atoms with E-state index in [1.54, 1.807) is 12.5 Å². The molecule has 0 spiro atoms. The number of hydrogen-bond donors (Lipinski definition) is 0. The Labute approximate surface area is 93.7 Å². The number of rotatable bonds is 7. The minimum Gasteiger partial charge on any atom is -0.459 e. The van der Waals surface area contributed by atoms with Crippen LogP contribution in [0.2, 0.25) is 0 Å². The fourth-order valence-electron chi connectivity index (χ4n) is 2.04. The molecular formula is C13H24O2. The summed E-state index contributed by atoms with van der Waals surface area (Å²) in [4.78, 5) is 0. The first-order chi connectivity index (χ1) is 7.25. The van der Waals surface area contributed by atoms with Crippen molar-refractivity contribution in [2.75, 3.05) is 0 Å². The summed E-state index contributed by atoms with van der Waals surface area (Å²) in [6.45, 7) is 6.73. The molecule has 0 radical (unpaired) electrons. The summed E-state index contributed by atoms with van der Waals surface area (Å²) in [5, 5.41) is 0. The van der Waals surface area contributed by atoms with Gasteiger partial charge in [-0.1, -0.05) is 46.5 Å². The number of hydrogen-bond acceptors (Lipinski definition) is 2. The molecule has 0 aromatic carbocycles. The molecule has 0 aromatic heterocycles. The van der Waals surface area contributed by atoms with E-state index in [4.69, 9.17) is 9.47 Å². The Morgan fingerprint density at radius 1 is 1.07 bits per heavy atom. The molecule has 1 heterocycles. The van der Waals surface area contributed by atoms with Crippen molar-refractivity contribution in [3.8, 4) is 0 Å². The Morgan fingerprint density at radius 3 is 2.27 bits per heavy atom. The van der Waals surface area contributed by atoms with Gasteiger partial charge in [0.05, 0.1) is 0 Å². The van der Waals surface area contributed by atoms with Gasteiger partial charge in [-0.25, -0.2) is 0 Å². The normalized spacial score (nSPS) is 17.9. The maximum Gasteiger partial charge on any atom is 0.242 e. The van der Waals surface area contributed by atoms with Gasteiger partial charge >= 0.3 is 0 Å². The fourth-order valence-corrected chi connectivity index (χ4v) is 2.04. The predicted octanol–water partition coefficient (Wildman–Crippen LogP) is 4.07. The van der Waals surface area contributed by atoms with Crippen LogP contribution in [-0.2, 0) is 9.47 Å². The SMILES string of the molecule is CCCCCCC(C(C)C)C1OC=CO1. The molecule has 0 bridgehead atoms. The van der Waals surface area contributed by atoms with Crippen molar-refractivity contribution in [2.45, 2.75) is 59.2 Å². The molecule has 0 N–H and O–H groups in total. The molecule has 1 aliphatic heterocycles. The van der Waals surface area contributed by atoms with Crippen molar-refractivity contribution in [3.05, 3.63) is 12.5 Å². The Morgan fingerprint density at radius 2 is 1.73 bits per heavy atom. The van der Waals surface area contributed by atoms with E-state index in [-0.39, 0.29) is 6.29 Å². The highest BCUT2D eigenvalue weighted by Crippen LogP contribution is 2.27. The highest BCUT2D eigenvalue weighted by atomic mass is 16.7. The van der Waals surface area contributed by atoms with E-state index in [1.807, 2.05) is 0 Å². The first-order valence-electron chi connectivity index (χ1n) is 6.21. The van der Waals surface area contributed by atoms with Gasteiger partial charge in [0.25, 0.3) is 0 Å². The number of ether oxygens (including phenoxy) is 2. The second-order valence-corrected chi connectivity index (χ2v) is 4.67. The number of unbranched alkanes of at least 4 members (excludes halogenated alkanes) is 3. The fraction of sp³-hybridized carbons (Fsp3) is 0.846. The third-order valence-electron chi connectivity index (χ3n) is 3.08. The lowest BCUT2D eigenvalue weighted by molar-refractivity contribution is -0.0829. The maximum atomic E-state index is 5.43. The van der Waals surface area contributed by atoms with Crippen molar-refractivity contribution in [1.29, 1.82) is 0 Å². The molecule has 0 saturated carbocycles. The lowest BCUT2D eigenvalue weighted by atomic mass is 9.89. The zero-order chi connectivity index (χ0) is 11.1. The largest absolute Gasteiger partial charge is 0.459 e. The van der Waals surface area contributed by atoms with Gasteiger partial charge in [-0.2, -0.15) is 0 Å². The van der Waals surface area contributed by atoms with Crippen LogP contribution in [0.5, 0.6) is 0 Å². The molecule has 1 aliphatic rings. The molecular weight excluding hydrogens is 188 g/mol. The van der Waals surface area contributed by atoms with Gasteiger partial charge in [0.1, 0.15) is 12.5 Å². The van der Waals surface area contributed by atoms with Crippen LogP contribution < -0.4 is 0 Å². The maximum absolute atomic E-state index is 5.43. The Bertz CT molecular complexity index is 179. The lowest BCUT2D eigenvalue weighted by Crippen LogP contribution is -2.26. The van der Waals surface area contributed by atoms with E-state index in [1.165, 1.54) is 32.1 Å². The van der Waals surface area contributed by atoms with E-state index >= 15 is 0 Å². The first-order valence-corrected chi connectivity index (χ1v) is 6.21. The molecule has 15 heavy (non-hydrogen) atoms. The summed E-state index contributed by atoms with van der Waals surface area (Å²) in [6.07, 6.45) is 9.76. The molecule has 1 unspecified atom stereocenters. The quantitative estimate of drug-likeness (QED) is 0.592. The molecule has 0 aliphatic carbocycles. The molecule has 0 fully saturated rings. The third-order valence-corrected chi connectivity index (χ3v) is 3.08. The van der Waals surface area contributed by atoms with Crippen LogP contribution >= 0.6 is 0 Å². The minimum absolute atomic E-state index is 0.0355. The second-order valence-electron chi connectivity index (χ2n) is 4.67. The third kappa shape index (κ3) is 4.15. The Balaban J connectivity index is 2.24. The zero-order valence-electron chi connectivity index (χ0n) is 10.2. The predicted molar refractivity (Wildman–Crippen MR) is 62.2 cm³/mol. The molecule has 0 amide bonds. The zero-order valence-corrected chi connectivity index (χ0v) is 10.2. The van der Waals surface area contributed by atoms with E-state index in [2.05, 4.69) is 20.8 Å². The Kier molecular flexibility index (Phi) is 5.59. The summed E-state index contributed by atoms with van der Waals surface area (Å²) in [5.74, 6) is 1.15. The van der Waals surface area contributed by atoms with Gasteiger partial charge in [-0.05, 0) is 12.3 Å². The average Bonchev–Trinajstić information content (AvgIpc) is 2.70. The van der Waals surface area contributed by atoms with Crippen molar-refractivity contribution < 1.29 is 9.47 Å². The second kappa shape index (κ2) is 6.76. The van der Waals surface area contributed by atoms with E-state index in [0.29, 0.717) is 11.8 Å². The smallest absolute Gasteiger partial charge is 0.242 e. The van der Waals surface area contributed by atoms with E-state index < -0.39 is 0 Å². The van der Waals surface area contributed by atoms with Gasteiger partial charge in [0.2, 0.25) is 6.29 Å². The molecule has 1 atom stereocenters. The van der Waals surface area contributed by atoms with Gasteiger partial charge in [0.15, 0.2) is 0 Å². The molecule has 0 aromatic rings. The molecule has 2 heteroatoms. The summed E-state index contributed by atoms with van der Waals surface area (Å²) in [6, 6.07) is 0. The van der Waals surface area contributed by atoms with E-state index in [9.17, 15) is 0 Å². The average molecular weight is 212 g/mol. The lowest BCUT2D eigenvalue weighted by Gasteiger charge is -2.25. The Hall–Kier alpha value is -0.660. The monoisotopic (exact) mass is 212 g/mol. The highest BCUT2D eigenvalue weighted by Gasteiger charge is 2.27. The van der Waals surface area contributed by atoms with Gasteiger partial charge in [-0.3, -0.25) is 0 Å². The van der Waals surface area contributed by atoms with Crippen molar-refractivity contribution in [1.82, 2.24) is 0 Å². The van der Waals surface area contributed by atoms with Crippen LogP contribution in [0.15, 0.2) is 12.5 Å². The molecule has 0 saturated heterocycles. The van der Waals surface area contributed by atoms with Crippen molar-refractivity contribution >= 4 is 0 Å². The summed E-state index contributed by atoms with van der Waals surface area (Å²) in [7, 11) is 0. The molecule has 1 rings (SSSR count). The van der Waals surface area contributed by atoms with Crippen LogP contribution in [0.3, 0.4) is 0 Å². The van der Waals surface area contributed by atoms with Crippen LogP contribution in [0.1, 0.15) is 52.9 Å². The van der Waals surface area contributed by atoms with Crippen molar-refractivity contribution in [2.24, 2.45) is 11.8 Å². The first kappa shape index (κ1) is 12.4. The standard InChI is InChI=1S/C13H24O2/c1-4-5-6-7-8-12(11(2)3)13-14-9-10-15-13/h9-13H,4-8H2,1-3H3. The minimum atomic E-state index is -0.0355. The van der Waals surface area contributed by atoms with Gasteiger partial charge in [0, 0.05) is 5.92 Å². The van der Waals surface area contributed by atoms with Crippen LogP contribution in [0, 0.1) is 11.8 Å². The van der Waals surface area contributed by atoms with Crippen molar-refractivity contribution in [3.63, 3.8) is 0 Å². The highest BCUT2D eigenvalue weighted by molar-refractivity contribution is 4.77. The van der Waals surface area contributed by atoms with Crippen LogP contribution in [0.25, 0.3) is 0 Å². The van der Waals surface area contributed by atoms with Gasteiger partial charge < -0.3 is 9.47 Å². The molecule has 2 nitrogen and oxygen atoms in total. The van der Waals surface area contributed by atoms with E-state index in [0.717, 1.165) is 0 Å². The summed E-state index contributed by atoms with van der Waals surface area (Å²) < 4.78 is 10.9. The topological polar surface area (TPSA) is 18.5 Å². The van der Waals surface area contributed by atoms with Gasteiger partial charge in [-0.15, -0.1) is 0 Å². The van der Waals surface area contributed by atoms with Crippen LogP contribution in [-0.4, -0.2) is 6.29 Å². The summed E-state index contributed by atoms with van der Waals surface area (Å²) in [5.41, 5.74) is 0. The van der Waals surface area contributed by atoms with Crippen LogP contribution in [0.4, 0.5) is 0 Å². The summed E-state index contributed by atoms with van der Waals surface area (Å²) >= 11 is 0.